The monoisotopic (exact) mass is 397 g/mol. The molecule has 1 aliphatic carbocycles. The molecule has 10 heteroatoms. The van der Waals surface area contributed by atoms with Gasteiger partial charge in [0, 0.05) is 16.5 Å². The molecule has 4 rings (SSSR count). The molecule has 0 saturated heterocycles. The maximum Gasteiger partial charge on any atom is 0.291 e. The van der Waals surface area contributed by atoms with Gasteiger partial charge in [0.2, 0.25) is 5.13 Å². The highest BCUT2D eigenvalue weighted by molar-refractivity contribution is 7.97. The lowest BCUT2D eigenvalue weighted by atomic mass is 10.2. The van der Waals surface area contributed by atoms with Gasteiger partial charge in [0.25, 0.3) is 6.43 Å². The van der Waals surface area contributed by atoms with Gasteiger partial charge in [-0.1, -0.05) is 22.9 Å². The van der Waals surface area contributed by atoms with Gasteiger partial charge in [0.15, 0.2) is 5.01 Å². The van der Waals surface area contributed by atoms with Gasteiger partial charge in [0.1, 0.15) is 5.54 Å². The SMILES string of the molecule is N#CC1(NSc2cc(Cl)c3ccn(-c4nnc(C(F)F)s4)c3c2)CC1. The smallest absolute Gasteiger partial charge is 0.291 e. The third kappa shape index (κ3) is 3.11. The van der Waals surface area contributed by atoms with E-state index in [9.17, 15) is 8.78 Å². The van der Waals surface area contributed by atoms with E-state index >= 15 is 0 Å². The van der Waals surface area contributed by atoms with Crippen LogP contribution in [0.25, 0.3) is 16.0 Å². The van der Waals surface area contributed by atoms with Gasteiger partial charge in [-0.25, -0.2) is 13.5 Å². The Balaban J connectivity index is 1.69. The van der Waals surface area contributed by atoms with Crippen LogP contribution in [0.2, 0.25) is 5.02 Å². The Labute approximate surface area is 154 Å². The average Bonchev–Trinajstić information content (AvgIpc) is 3.01. The first kappa shape index (κ1) is 16.7. The molecular formula is C15H10ClF2N5S2. The van der Waals surface area contributed by atoms with Crippen molar-refractivity contribution in [2.45, 2.75) is 29.7 Å². The molecule has 25 heavy (non-hydrogen) atoms. The minimum Gasteiger partial charge on any atom is -0.291 e. The normalized spacial score (nSPS) is 15.6. The molecular weight excluding hydrogens is 388 g/mol. The number of nitrogens with one attached hydrogen (secondary N) is 1. The summed E-state index contributed by atoms with van der Waals surface area (Å²) in [6.45, 7) is 0. The second kappa shape index (κ2) is 6.21. The molecule has 2 heterocycles. The molecule has 0 atom stereocenters. The van der Waals surface area contributed by atoms with Crippen molar-refractivity contribution in [3.05, 3.63) is 34.4 Å². The first-order valence-electron chi connectivity index (χ1n) is 7.29. The lowest BCUT2D eigenvalue weighted by molar-refractivity contribution is 0.150. The summed E-state index contributed by atoms with van der Waals surface area (Å²) >= 11 is 8.52. The van der Waals surface area contributed by atoms with Crippen molar-refractivity contribution in [2.24, 2.45) is 0 Å². The van der Waals surface area contributed by atoms with Gasteiger partial charge in [-0.2, -0.15) is 5.26 Å². The highest BCUT2D eigenvalue weighted by Gasteiger charge is 2.43. The highest BCUT2D eigenvalue weighted by atomic mass is 35.5. The number of halogens is 3. The van der Waals surface area contributed by atoms with Gasteiger partial charge in [-0.15, -0.1) is 10.2 Å². The minimum absolute atomic E-state index is 0.320. The summed E-state index contributed by atoms with van der Waals surface area (Å²) in [6, 6.07) is 7.76. The van der Waals surface area contributed by atoms with E-state index in [0.717, 1.165) is 40.0 Å². The summed E-state index contributed by atoms with van der Waals surface area (Å²) in [6.07, 6.45) is 0.729. The van der Waals surface area contributed by atoms with Crippen LogP contribution >= 0.6 is 34.9 Å². The van der Waals surface area contributed by atoms with E-state index in [2.05, 4.69) is 21.0 Å². The van der Waals surface area contributed by atoms with Crippen LogP contribution in [-0.4, -0.2) is 20.3 Å². The Morgan fingerprint density at radius 3 is 2.84 bits per heavy atom. The number of nitriles is 1. The highest BCUT2D eigenvalue weighted by Crippen LogP contribution is 2.39. The summed E-state index contributed by atoms with van der Waals surface area (Å²) in [7, 11) is 0. The standard InChI is InChI=1S/C15H10ClF2N5S2/c16-10-5-8(25-22-15(7-19)2-3-15)6-11-9(10)1-4-23(11)14-21-20-13(24-14)12(17)18/h1,4-6,12,22H,2-3H2. The lowest BCUT2D eigenvalue weighted by Crippen LogP contribution is -2.22. The third-order valence-electron chi connectivity index (χ3n) is 3.88. The average molecular weight is 398 g/mol. The van der Waals surface area contributed by atoms with Crippen LogP contribution in [0.15, 0.2) is 29.3 Å². The molecule has 0 amide bonds. The zero-order chi connectivity index (χ0) is 17.6. The predicted octanol–water partition coefficient (Wildman–Crippen LogP) is 4.73. The fraction of sp³-hybridized carbons (Fsp3) is 0.267. The van der Waals surface area contributed by atoms with Crippen LogP contribution in [-0.2, 0) is 0 Å². The van der Waals surface area contributed by atoms with Crippen molar-refractivity contribution in [1.29, 1.82) is 5.26 Å². The summed E-state index contributed by atoms with van der Waals surface area (Å²) in [5, 5.41) is 17.9. The quantitative estimate of drug-likeness (QED) is 0.630. The van der Waals surface area contributed by atoms with Gasteiger partial charge >= 0.3 is 0 Å². The fourth-order valence-corrected chi connectivity index (χ4v) is 4.28. The maximum atomic E-state index is 12.8. The van der Waals surface area contributed by atoms with E-state index in [1.54, 1.807) is 16.8 Å². The van der Waals surface area contributed by atoms with E-state index in [1.165, 1.54) is 11.9 Å². The van der Waals surface area contributed by atoms with Crippen LogP contribution in [0.4, 0.5) is 8.78 Å². The van der Waals surface area contributed by atoms with Crippen LogP contribution in [0.3, 0.4) is 0 Å². The number of hydrogen-bond acceptors (Lipinski definition) is 6. The topological polar surface area (TPSA) is 66.5 Å². The van der Waals surface area contributed by atoms with Gasteiger partial charge < -0.3 is 0 Å². The Kier molecular flexibility index (Phi) is 4.16. The molecule has 128 valence electrons. The van der Waals surface area contributed by atoms with Crippen LogP contribution in [0, 0.1) is 11.3 Å². The molecule has 0 radical (unpaired) electrons. The largest absolute Gasteiger partial charge is 0.291 e. The number of fused-ring (bicyclic) bond motifs is 1. The maximum absolute atomic E-state index is 12.8. The van der Waals surface area contributed by atoms with E-state index < -0.39 is 12.0 Å². The van der Waals surface area contributed by atoms with Crippen molar-refractivity contribution in [3.8, 4) is 11.2 Å². The molecule has 0 unspecified atom stereocenters. The van der Waals surface area contributed by atoms with Gasteiger partial charge in [-0.3, -0.25) is 4.57 Å². The van der Waals surface area contributed by atoms with Crippen LogP contribution in [0.1, 0.15) is 24.3 Å². The Morgan fingerprint density at radius 2 is 2.20 bits per heavy atom. The molecule has 1 N–H and O–H groups in total. The van der Waals surface area contributed by atoms with Crippen molar-refractivity contribution in [2.75, 3.05) is 0 Å². The first-order chi connectivity index (χ1) is 12.0. The molecule has 0 spiro atoms. The van der Waals surface area contributed by atoms with Crippen LogP contribution in [0.5, 0.6) is 0 Å². The van der Waals surface area contributed by atoms with Crippen molar-refractivity contribution in [3.63, 3.8) is 0 Å². The number of hydrogen-bond donors (Lipinski definition) is 1. The Morgan fingerprint density at radius 1 is 1.40 bits per heavy atom. The summed E-state index contributed by atoms with van der Waals surface area (Å²) < 4.78 is 30.4. The molecule has 3 aromatic rings. The second-order valence-corrected chi connectivity index (χ2v) is 7.92. The zero-order valence-corrected chi connectivity index (χ0v) is 14.9. The van der Waals surface area contributed by atoms with E-state index in [1.807, 2.05) is 12.1 Å². The summed E-state index contributed by atoms with van der Waals surface area (Å²) in [4.78, 5) is 0.831. The number of nitrogens with zero attached hydrogens (tertiary/aromatic N) is 4. The molecule has 5 nitrogen and oxygen atoms in total. The molecule has 1 saturated carbocycles. The summed E-state index contributed by atoms with van der Waals surface area (Å²) in [5.74, 6) is 0. The molecule has 0 bridgehead atoms. The zero-order valence-electron chi connectivity index (χ0n) is 12.5. The number of aromatic nitrogens is 3. The second-order valence-electron chi connectivity index (χ2n) is 5.65. The van der Waals surface area contributed by atoms with Gasteiger partial charge in [-0.05, 0) is 43.0 Å². The molecule has 2 aromatic heterocycles. The molecule has 1 aromatic carbocycles. The Bertz CT molecular complexity index is 990. The number of rotatable bonds is 5. The third-order valence-corrected chi connectivity index (χ3v) is 6.09. The van der Waals surface area contributed by atoms with Crippen molar-refractivity contribution < 1.29 is 8.78 Å². The van der Waals surface area contributed by atoms with Gasteiger partial charge in [0.05, 0.1) is 16.6 Å². The first-order valence-corrected chi connectivity index (χ1v) is 9.30. The van der Waals surface area contributed by atoms with Crippen molar-refractivity contribution >= 4 is 45.8 Å². The van der Waals surface area contributed by atoms with E-state index in [-0.39, 0.29) is 5.01 Å². The van der Waals surface area contributed by atoms with E-state index in [4.69, 9.17) is 16.9 Å². The molecule has 1 fully saturated rings. The number of benzene rings is 1. The fourth-order valence-electron chi connectivity index (χ4n) is 2.33. The minimum atomic E-state index is -2.65. The van der Waals surface area contributed by atoms with E-state index in [0.29, 0.717) is 10.2 Å². The Hall–Kier alpha value is -1.73. The lowest BCUT2D eigenvalue weighted by Gasteiger charge is -2.09. The van der Waals surface area contributed by atoms with Crippen molar-refractivity contribution in [1.82, 2.24) is 19.5 Å². The number of alkyl halides is 2. The molecule has 0 aliphatic heterocycles. The van der Waals surface area contributed by atoms with Crippen LogP contribution < -0.4 is 4.72 Å². The molecule has 1 aliphatic rings. The predicted molar refractivity (Wildman–Crippen MR) is 93.3 cm³/mol. The summed E-state index contributed by atoms with van der Waals surface area (Å²) in [5.41, 5.74) is 0.287.